The maximum Gasteiger partial charge on any atom is 0.253 e. The summed E-state index contributed by atoms with van der Waals surface area (Å²) in [6, 6.07) is 15.6. The van der Waals surface area contributed by atoms with Crippen LogP contribution in [0.25, 0.3) is 0 Å². The molecule has 1 saturated heterocycles. The van der Waals surface area contributed by atoms with E-state index in [0.29, 0.717) is 37.1 Å². The minimum Gasteiger partial charge on any atom is -0.352 e. The first-order chi connectivity index (χ1) is 15.8. The summed E-state index contributed by atoms with van der Waals surface area (Å²) in [4.78, 5) is 40.8. The number of likely N-dealkylation sites (tertiary alicyclic amines) is 1. The van der Waals surface area contributed by atoms with Crippen LogP contribution in [0.5, 0.6) is 0 Å². The second kappa shape index (κ2) is 11.5. The minimum atomic E-state index is -0.651. The average Bonchev–Trinajstić information content (AvgIpc) is 2.82. The molecule has 2 N–H and O–H groups in total. The molecule has 7 heteroatoms. The zero-order valence-corrected chi connectivity index (χ0v) is 21.0. The summed E-state index contributed by atoms with van der Waals surface area (Å²) in [5.41, 5.74) is 1.16. The van der Waals surface area contributed by atoms with Gasteiger partial charge in [0, 0.05) is 34.7 Å². The van der Waals surface area contributed by atoms with Crippen molar-refractivity contribution in [2.24, 2.45) is 11.8 Å². The van der Waals surface area contributed by atoms with Crippen LogP contribution in [0.3, 0.4) is 0 Å². The van der Waals surface area contributed by atoms with E-state index < -0.39 is 6.04 Å². The molecule has 176 valence electrons. The van der Waals surface area contributed by atoms with Gasteiger partial charge >= 0.3 is 0 Å². The van der Waals surface area contributed by atoms with E-state index in [4.69, 9.17) is 0 Å². The second-order valence-corrected chi connectivity index (χ2v) is 9.91. The Balaban J connectivity index is 1.70. The fourth-order valence-corrected chi connectivity index (χ4v) is 4.33. The normalized spacial score (nSPS) is 16.2. The van der Waals surface area contributed by atoms with Gasteiger partial charge in [0.05, 0.1) is 0 Å². The summed E-state index contributed by atoms with van der Waals surface area (Å²) in [7, 11) is 0. The van der Waals surface area contributed by atoms with Crippen molar-refractivity contribution in [3.63, 3.8) is 0 Å². The minimum absolute atomic E-state index is 0.00757. The first kappa shape index (κ1) is 25.0. The third-order valence-electron chi connectivity index (χ3n) is 6.34. The molecule has 6 nitrogen and oxygen atoms in total. The van der Waals surface area contributed by atoms with E-state index in [1.807, 2.05) is 42.2 Å². The third kappa shape index (κ3) is 6.67. The van der Waals surface area contributed by atoms with Gasteiger partial charge in [-0.2, -0.15) is 0 Å². The lowest BCUT2D eigenvalue weighted by atomic mass is 9.87. The van der Waals surface area contributed by atoms with E-state index in [1.54, 1.807) is 24.3 Å². The molecule has 2 aromatic carbocycles. The maximum absolute atomic E-state index is 13.2. The molecule has 2 atom stereocenters. The predicted molar refractivity (Wildman–Crippen MR) is 133 cm³/mol. The Labute approximate surface area is 204 Å². The van der Waals surface area contributed by atoms with E-state index in [-0.39, 0.29) is 35.6 Å². The highest BCUT2D eigenvalue weighted by molar-refractivity contribution is 9.10. The topological polar surface area (TPSA) is 78.5 Å². The van der Waals surface area contributed by atoms with Crippen molar-refractivity contribution in [1.82, 2.24) is 15.5 Å². The summed E-state index contributed by atoms with van der Waals surface area (Å²) in [5.74, 6) is -0.219. The van der Waals surface area contributed by atoms with Crippen LogP contribution in [0.15, 0.2) is 59.1 Å². The van der Waals surface area contributed by atoms with Crippen molar-refractivity contribution in [2.75, 3.05) is 13.1 Å². The van der Waals surface area contributed by atoms with Gasteiger partial charge in [-0.05, 0) is 61.9 Å². The Hall–Kier alpha value is -2.67. The van der Waals surface area contributed by atoms with Crippen molar-refractivity contribution < 1.29 is 14.4 Å². The number of nitrogens with one attached hydrogen (secondary N) is 2. The molecule has 3 rings (SSSR count). The molecule has 0 spiro atoms. The van der Waals surface area contributed by atoms with Gasteiger partial charge in [-0.3, -0.25) is 14.4 Å². The predicted octanol–water partition coefficient (Wildman–Crippen LogP) is 4.26. The first-order valence-corrected chi connectivity index (χ1v) is 12.3. The number of amides is 3. The quantitative estimate of drug-likeness (QED) is 0.580. The fourth-order valence-electron chi connectivity index (χ4n) is 3.93. The number of carbonyl (C=O) groups excluding carboxylic acids is 3. The van der Waals surface area contributed by atoms with Crippen molar-refractivity contribution in [2.45, 2.75) is 45.7 Å². The van der Waals surface area contributed by atoms with Gasteiger partial charge < -0.3 is 15.5 Å². The van der Waals surface area contributed by atoms with E-state index in [9.17, 15) is 14.4 Å². The summed E-state index contributed by atoms with van der Waals surface area (Å²) >= 11 is 3.42. The average molecular weight is 514 g/mol. The lowest BCUT2D eigenvalue weighted by Crippen LogP contribution is -2.55. The van der Waals surface area contributed by atoms with Crippen molar-refractivity contribution in [1.29, 1.82) is 0 Å². The molecule has 0 saturated carbocycles. The van der Waals surface area contributed by atoms with E-state index >= 15 is 0 Å². The van der Waals surface area contributed by atoms with Crippen LogP contribution in [0, 0.1) is 11.8 Å². The van der Waals surface area contributed by atoms with Gasteiger partial charge in [0.25, 0.3) is 11.8 Å². The number of benzene rings is 2. The van der Waals surface area contributed by atoms with E-state index in [0.717, 1.165) is 4.47 Å². The van der Waals surface area contributed by atoms with E-state index in [2.05, 4.69) is 40.4 Å². The van der Waals surface area contributed by atoms with Gasteiger partial charge in [0.15, 0.2) is 0 Å². The number of nitrogens with zero attached hydrogens (tertiary/aromatic N) is 1. The van der Waals surface area contributed by atoms with E-state index in [1.165, 1.54) is 0 Å². The van der Waals surface area contributed by atoms with Crippen LogP contribution in [0.1, 0.15) is 54.3 Å². The second-order valence-electron chi connectivity index (χ2n) is 9.00. The number of hydrogen-bond donors (Lipinski definition) is 2. The monoisotopic (exact) mass is 513 g/mol. The van der Waals surface area contributed by atoms with Crippen LogP contribution in [0.2, 0.25) is 0 Å². The van der Waals surface area contributed by atoms with Crippen molar-refractivity contribution in [3.8, 4) is 0 Å². The number of halogens is 1. The molecule has 1 fully saturated rings. The largest absolute Gasteiger partial charge is 0.352 e. The Kier molecular flexibility index (Phi) is 8.67. The van der Waals surface area contributed by atoms with Gasteiger partial charge in [-0.1, -0.05) is 54.0 Å². The summed E-state index contributed by atoms with van der Waals surface area (Å²) in [5, 5.41) is 6.03. The Morgan fingerprint density at radius 1 is 0.909 bits per heavy atom. The molecule has 0 bridgehead atoms. The number of piperidine rings is 1. The molecule has 1 aliphatic rings. The maximum atomic E-state index is 13.2. The molecular formula is C26H32BrN3O3. The van der Waals surface area contributed by atoms with Gasteiger partial charge in [0.2, 0.25) is 5.91 Å². The van der Waals surface area contributed by atoms with Crippen LogP contribution in [-0.2, 0) is 4.79 Å². The Morgan fingerprint density at radius 3 is 2.15 bits per heavy atom. The molecule has 33 heavy (non-hydrogen) atoms. The summed E-state index contributed by atoms with van der Waals surface area (Å²) in [6.07, 6.45) is 1.28. The van der Waals surface area contributed by atoms with Crippen LogP contribution in [-0.4, -0.2) is 47.8 Å². The lowest BCUT2D eigenvalue weighted by Gasteiger charge is -2.36. The molecule has 2 aromatic rings. The third-order valence-corrected chi connectivity index (χ3v) is 6.84. The van der Waals surface area contributed by atoms with Gasteiger partial charge in [-0.15, -0.1) is 0 Å². The highest BCUT2D eigenvalue weighted by atomic mass is 79.9. The molecule has 1 aliphatic heterocycles. The van der Waals surface area contributed by atoms with Crippen molar-refractivity contribution in [3.05, 3.63) is 70.2 Å². The Morgan fingerprint density at radius 2 is 1.55 bits per heavy atom. The lowest BCUT2D eigenvalue weighted by molar-refractivity contribution is -0.125. The van der Waals surface area contributed by atoms with Crippen molar-refractivity contribution >= 4 is 33.7 Å². The smallest absolute Gasteiger partial charge is 0.253 e. The Bertz CT molecular complexity index is 972. The molecule has 0 aromatic heterocycles. The number of rotatable bonds is 7. The highest BCUT2D eigenvalue weighted by Gasteiger charge is 2.34. The highest BCUT2D eigenvalue weighted by Crippen LogP contribution is 2.24. The standard InChI is InChI=1S/C26H32BrN3O3/c1-17(2)18(3)28-25(32)23(29-24(31)20-8-5-4-6-9-20)19-12-14-30(15-13-19)26(33)21-10-7-11-22(27)16-21/h4-11,16-19,23H,12-15H2,1-3H3,(H,28,32)(H,29,31)/t18-,23-/m0/s1. The van der Waals surface area contributed by atoms with Gasteiger partial charge in [0.1, 0.15) is 6.04 Å². The zero-order valence-electron chi connectivity index (χ0n) is 19.4. The molecule has 3 amide bonds. The van der Waals surface area contributed by atoms with Crippen LogP contribution in [0.4, 0.5) is 0 Å². The first-order valence-electron chi connectivity index (χ1n) is 11.5. The SMILES string of the molecule is CC(C)[C@H](C)NC(=O)[C@@H](NC(=O)c1ccccc1)C1CCN(C(=O)c2cccc(Br)c2)CC1. The molecular weight excluding hydrogens is 482 g/mol. The summed E-state index contributed by atoms with van der Waals surface area (Å²) < 4.78 is 0.864. The molecule has 0 aliphatic carbocycles. The molecule has 0 radical (unpaired) electrons. The zero-order chi connectivity index (χ0) is 24.0. The van der Waals surface area contributed by atoms with Gasteiger partial charge in [-0.25, -0.2) is 0 Å². The summed E-state index contributed by atoms with van der Waals surface area (Å²) in [6.45, 7) is 7.16. The fraction of sp³-hybridized carbons (Fsp3) is 0.423. The number of carbonyl (C=O) groups is 3. The molecule has 1 heterocycles. The van der Waals surface area contributed by atoms with Crippen LogP contribution >= 0.6 is 15.9 Å². The molecule has 0 unspecified atom stereocenters. The van der Waals surface area contributed by atoms with Crippen LogP contribution < -0.4 is 10.6 Å². The number of hydrogen-bond acceptors (Lipinski definition) is 3.